The lowest BCUT2D eigenvalue weighted by atomic mass is 10.1. The van der Waals surface area contributed by atoms with Crippen LogP contribution in [0.1, 0.15) is 25.5 Å². The van der Waals surface area contributed by atoms with Gasteiger partial charge in [-0.15, -0.1) is 11.3 Å². The summed E-state index contributed by atoms with van der Waals surface area (Å²) in [6.45, 7) is 4.37. The molecule has 0 radical (unpaired) electrons. The number of rotatable bonds is 2. The average Bonchev–Trinajstić information content (AvgIpc) is 3.09. The van der Waals surface area contributed by atoms with E-state index in [-0.39, 0.29) is 0 Å². The van der Waals surface area contributed by atoms with Crippen LogP contribution < -0.4 is 0 Å². The number of aromatic amines is 1. The van der Waals surface area contributed by atoms with Gasteiger partial charge in [-0.05, 0) is 42.3 Å². The second-order valence-electron chi connectivity index (χ2n) is 5.80. The van der Waals surface area contributed by atoms with Gasteiger partial charge in [0.15, 0.2) is 0 Å². The molecule has 3 aromatic heterocycles. The van der Waals surface area contributed by atoms with Crippen LogP contribution in [0, 0.1) is 0 Å². The molecule has 3 heterocycles. The lowest BCUT2D eigenvalue weighted by molar-refractivity contribution is 0.836. The topological polar surface area (TPSA) is 28.7 Å². The number of H-pyrrole nitrogens is 1. The van der Waals surface area contributed by atoms with Crippen molar-refractivity contribution in [2.24, 2.45) is 0 Å². The number of pyridine rings is 1. The number of hydrogen-bond donors (Lipinski definition) is 1. The zero-order chi connectivity index (χ0) is 15.3. The van der Waals surface area contributed by atoms with Crippen molar-refractivity contribution in [1.82, 2.24) is 9.97 Å². The van der Waals surface area contributed by atoms with Gasteiger partial charge in [-0.1, -0.05) is 25.4 Å². The van der Waals surface area contributed by atoms with Crippen LogP contribution in [0.2, 0.25) is 5.02 Å². The van der Waals surface area contributed by atoms with E-state index in [2.05, 4.69) is 48.1 Å². The molecule has 0 saturated heterocycles. The SMILES string of the molecule is CC(C)c1cc2cc(Cl)c(-c3cc4ncccc4s3)cc2[nH]1. The van der Waals surface area contributed by atoms with Gasteiger partial charge in [0.2, 0.25) is 0 Å². The number of aromatic nitrogens is 2. The number of nitrogens with zero attached hydrogens (tertiary/aromatic N) is 1. The molecule has 2 nitrogen and oxygen atoms in total. The van der Waals surface area contributed by atoms with Gasteiger partial charge in [0.25, 0.3) is 0 Å². The fraction of sp³-hybridized carbons (Fsp3) is 0.167. The smallest absolute Gasteiger partial charge is 0.0816 e. The number of fused-ring (bicyclic) bond motifs is 2. The summed E-state index contributed by atoms with van der Waals surface area (Å²) < 4.78 is 1.18. The Bertz CT molecular complexity index is 948. The lowest BCUT2D eigenvalue weighted by Crippen LogP contribution is -1.84. The van der Waals surface area contributed by atoms with Crippen LogP contribution in [0.3, 0.4) is 0 Å². The lowest BCUT2D eigenvalue weighted by Gasteiger charge is -2.02. The van der Waals surface area contributed by atoms with Gasteiger partial charge in [0, 0.05) is 38.3 Å². The Morgan fingerprint density at radius 1 is 1.18 bits per heavy atom. The molecular formula is C18H15ClN2S. The van der Waals surface area contributed by atoms with E-state index >= 15 is 0 Å². The van der Waals surface area contributed by atoms with Gasteiger partial charge < -0.3 is 4.98 Å². The second kappa shape index (κ2) is 5.11. The maximum atomic E-state index is 6.53. The van der Waals surface area contributed by atoms with E-state index in [1.54, 1.807) is 11.3 Å². The van der Waals surface area contributed by atoms with Crippen molar-refractivity contribution in [1.29, 1.82) is 0 Å². The molecule has 4 rings (SSSR count). The Balaban J connectivity index is 1.91. The quantitative estimate of drug-likeness (QED) is 0.465. The van der Waals surface area contributed by atoms with E-state index in [1.165, 1.54) is 10.4 Å². The molecule has 0 aliphatic rings. The highest BCUT2D eigenvalue weighted by Crippen LogP contribution is 2.38. The van der Waals surface area contributed by atoms with Crippen molar-refractivity contribution in [3.05, 3.63) is 53.3 Å². The molecule has 0 amide bonds. The fourth-order valence-corrected chi connectivity index (χ4v) is 4.06. The molecule has 0 fully saturated rings. The zero-order valence-corrected chi connectivity index (χ0v) is 13.9. The molecule has 1 aromatic carbocycles. The summed E-state index contributed by atoms with van der Waals surface area (Å²) in [5.41, 5.74) is 4.46. The molecule has 0 atom stereocenters. The van der Waals surface area contributed by atoms with Crippen molar-refractivity contribution < 1.29 is 0 Å². The first-order valence-electron chi connectivity index (χ1n) is 7.29. The highest BCUT2D eigenvalue weighted by molar-refractivity contribution is 7.22. The van der Waals surface area contributed by atoms with Crippen molar-refractivity contribution in [2.45, 2.75) is 19.8 Å². The average molecular weight is 327 g/mol. The summed E-state index contributed by atoms with van der Waals surface area (Å²) in [5, 5.41) is 1.95. The Morgan fingerprint density at radius 2 is 2.05 bits per heavy atom. The number of halogens is 1. The Labute approximate surface area is 137 Å². The first-order chi connectivity index (χ1) is 10.6. The van der Waals surface area contributed by atoms with Crippen LogP contribution in [0.25, 0.3) is 31.6 Å². The summed E-state index contributed by atoms with van der Waals surface area (Å²) in [6.07, 6.45) is 1.82. The van der Waals surface area contributed by atoms with Crippen LogP contribution in [0.15, 0.2) is 42.6 Å². The Morgan fingerprint density at radius 3 is 2.82 bits per heavy atom. The maximum Gasteiger partial charge on any atom is 0.0816 e. The molecule has 0 aliphatic heterocycles. The van der Waals surface area contributed by atoms with Crippen LogP contribution in [-0.4, -0.2) is 9.97 Å². The summed E-state index contributed by atoms with van der Waals surface area (Å²) in [7, 11) is 0. The van der Waals surface area contributed by atoms with Gasteiger partial charge in [-0.25, -0.2) is 0 Å². The standard InChI is InChI=1S/C18H15ClN2S/c1-10(2)14-7-11-6-13(19)12(8-15(11)21-14)18-9-16-17(22-18)4-3-5-20-16/h3-10,21H,1-2H3. The van der Waals surface area contributed by atoms with Crippen molar-refractivity contribution in [2.75, 3.05) is 0 Å². The zero-order valence-electron chi connectivity index (χ0n) is 12.4. The highest BCUT2D eigenvalue weighted by atomic mass is 35.5. The van der Waals surface area contributed by atoms with Crippen LogP contribution in [0.5, 0.6) is 0 Å². The first-order valence-corrected chi connectivity index (χ1v) is 8.48. The Hall–Kier alpha value is -1.84. The molecule has 0 saturated carbocycles. The number of thiophene rings is 1. The molecular weight excluding hydrogens is 312 g/mol. The van der Waals surface area contributed by atoms with Gasteiger partial charge >= 0.3 is 0 Å². The van der Waals surface area contributed by atoms with E-state index in [1.807, 2.05) is 18.3 Å². The predicted molar refractivity (Wildman–Crippen MR) is 96.0 cm³/mol. The minimum Gasteiger partial charge on any atom is -0.358 e. The largest absolute Gasteiger partial charge is 0.358 e. The van der Waals surface area contributed by atoms with Gasteiger partial charge in [0.1, 0.15) is 0 Å². The normalized spacial score (nSPS) is 11.8. The molecule has 0 aliphatic carbocycles. The van der Waals surface area contributed by atoms with E-state index in [0.29, 0.717) is 5.92 Å². The summed E-state index contributed by atoms with van der Waals surface area (Å²) in [4.78, 5) is 9.06. The molecule has 4 aromatic rings. The van der Waals surface area contributed by atoms with Gasteiger partial charge in [0.05, 0.1) is 10.2 Å². The van der Waals surface area contributed by atoms with Crippen molar-refractivity contribution >= 4 is 44.1 Å². The molecule has 4 heteroatoms. The number of benzene rings is 1. The molecule has 110 valence electrons. The fourth-order valence-electron chi connectivity index (χ4n) is 2.68. The van der Waals surface area contributed by atoms with E-state index in [0.717, 1.165) is 31.9 Å². The van der Waals surface area contributed by atoms with Crippen molar-refractivity contribution in [3.63, 3.8) is 0 Å². The van der Waals surface area contributed by atoms with Gasteiger partial charge in [-0.3, -0.25) is 4.98 Å². The molecule has 0 bridgehead atoms. The number of hydrogen-bond acceptors (Lipinski definition) is 2. The third-order valence-corrected chi connectivity index (χ3v) is 5.34. The summed E-state index contributed by atoms with van der Waals surface area (Å²) in [5.74, 6) is 0.475. The van der Waals surface area contributed by atoms with E-state index < -0.39 is 0 Å². The minimum atomic E-state index is 0.475. The monoisotopic (exact) mass is 326 g/mol. The third-order valence-electron chi connectivity index (χ3n) is 3.90. The summed E-state index contributed by atoms with van der Waals surface area (Å²) >= 11 is 8.25. The third kappa shape index (κ3) is 2.21. The Kier molecular flexibility index (Phi) is 3.21. The number of nitrogens with one attached hydrogen (secondary N) is 1. The maximum absolute atomic E-state index is 6.53. The van der Waals surface area contributed by atoms with Crippen molar-refractivity contribution in [3.8, 4) is 10.4 Å². The minimum absolute atomic E-state index is 0.475. The predicted octanol–water partition coefficient (Wildman–Crippen LogP) is 6.22. The summed E-state index contributed by atoms with van der Waals surface area (Å²) in [6, 6.07) is 12.5. The van der Waals surface area contributed by atoms with Gasteiger partial charge in [-0.2, -0.15) is 0 Å². The molecule has 0 spiro atoms. The second-order valence-corrected chi connectivity index (χ2v) is 7.29. The van der Waals surface area contributed by atoms with Crippen LogP contribution >= 0.6 is 22.9 Å². The molecule has 1 N–H and O–H groups in total. The van der Waals surface area contributed by atoms with Crippen LogP contribution in [0.4, 0.5) is 0 Å². The van der Waals surface area contributed by atoms with Crippen LogP contribution in [-0.2, 0) is 0 Å². The molecule has 0 unspecified atom stereocenters. The highest BCUT2D eigenvalue weighted by Gasteiger charge is 2.12. The molecule has 22 heavy (non-hydrogen) atoms. The first kappa shape index (κ1) is 13.8. The van der Waals surface area contributed by atoms with E-state index in [4.69, 9.17) is 11.6 Å². The van der Waals surface area contributed by atoms with E-state index in [9.17, 15) is 0 Å².